The number of hydrogen-bond donors (Lipinski definition) is 0. The lowest BCUT2D eigenvalue weighted by atomic mass is 10.1. The zero-order valence-electron chi connectivity index (χ0n) is 13.9. The summed E-state index contributed by atoms with van der Waals surface area (Å²) < 4.78 is 26.9. The first kappa shape index (κ1) is 18.3. The summed E-state index contributed by atoms with van der Waals surface area (Å²) in [6.07, 6.45) is 0.112. The maximum absolute atomic E-state index is 13.8. The Morgan fingerprint density at radius 1 is 0.923 bits per heavy atom. The second-order valence-electron chi connectivity index (χ2n) is 6.08. The van der Waals surface area contributed by atoms with Crippen LogP contribution in [0.25, 0.3) is 0 Å². The van der Waals surface area contributed by atoms with Crippen LogP contribution in [0.3, 0.4) is 0 Å². The molecule has 26 heavy (non-hydrogen) atoms. The van der Waals surface area contributed by atoms with Gasteiger partial charge in [0.25, 0.3) is 5.91 Å². The van der Waals surface area contributed by atoms with Gasteiger partial charge >= 0.3 is 0 Å². The third kappa shape index (κ3) is 4.02. The lowest BCUT2D eigenvalue weighted by Crippen LogP contribution is -2.51. The first-order valence-electron chi connectivity index (χ1n) is 8.21. The molecule has 1 fully saturated rings. The monoisotopic (exact) mass is 378 g/mol. The van der Waals surface area contributed by atoms with Gasteiger partial charge in [0, 0.05) is 26.2 Å². The molecule has 7 heteroatoms. The van der Waals surface area contributed by atoms with Crippen LogP contribution in [0.4, 0.5) is 8.78 Å². The Hall–Kier alpha value is -2.47. The van der Waals surface area contributed by atoms with Gasteiger partial charge in [-0.2, -0.15) is 0 Å². The summed E-state index contributed by atoms with van der Waals surface area (Å²) >= 11 is 5.73. The Morgan fingerprint density at radius 3 is 2.23 bits per heavy atom. The molecule has 0 aromatic heterocycles. The molecule has 0 spiro atoms. The predicted octanol–water partition coefficient (Wildman–Crippen LogP) is 3.15. The number of rotatable bonds is 3. The van der Waals surface area contributed by atoms with Crippen LogP contribution >= 0.6 is 11.6 Å². The van der Waals surface area contributed by atoms with Gasteiger partial charge in [-0.15, -0.1) is 0 Å². The maximum Gasteiger partial charge on any atom is 0.256 e. The summed E-state index contributed by atoms with van der Waals surface area (Å²) in [7, 11) is 0. The normalized spacial score (nSPS) is 14.4. The fourth-order valence-electron chi connectivity index (χ4n) is 2.90. The van der Waals surface area contributed by atoms with E-state index >= 15 is 0 Å². The second kappa shape index (κ2) is 7.83. The van der Waals surface area contributed by atoms with Gasteiger partial charge in [-0.1, -0.05) is 29.8 Å². The van der Waals surface area contributed by atoms with Crippen molar-refractivity contribution in [3.8, 4) is 0 Å². The lowest BCUT2D eigenvalue weighted by Gasteiger charge is -2.35. The van der Waals surface area contributed by atoms with Crippen molar-refractivity contribution in [2.45, 2.75) is 6.42 Å². The highest BCUT2D eigenvalue weighted by Crippen LogP contribution is 2.18. The molecule has 0 radical (unpaired) electrons. The SMILES string of the molecule is O=C(Cc1ccc(F)c(Cl)c1)N1CCN(C(=O)c2ccccc2F)CC1. The molecule has 2 aromatic carbocycles. The summed E-state index contributed by atoms with van der Waals surface area (Å²) in [5, 5.41) is -0.0180. The molecule has 2 amide bonds. The second-order valence-corrected chi connectivity index (χ2v) is 6.49. The Kier molecular flexibility index (Phi) is 5.52. The molecule has 0 bridgehead atoms. The van der Waals surface area contributed by atoms with Crippen LogP contribution in [-0.2, 0) is 11.2 Å². The van der Waals surface area contributed by atoms with Gasteiger partial charge in [-0.3, -0.25) is 9.59 Å². The Labute approximate surface area is 155 Å². The van der Waals surface area contributed by atoms with Gasteiger partial charge in [0.05, 0.1) is 17.0 Å². The van der Waals surface area contributed by atoms with Gasteiger partial charge in [0.1, 0.15) is 11.6 Å². The average molecular weight is 379 g/mol. The molecule has 0 atom stereocenters. The third-order valence-electron chi connectivity index (χ3n) is 4.36. The summed E-state index contributed by atoms with van der Waals surface area (Å²) in [6.45, 7) is 1.41. The minimum atomic E-state index is -0.552. The number of nitrogens with zero attached hydrogens (tertiary/aromatic N) is 2. The van der Waals surface area contributed by atoms with Crippen LogP contribution in [0.1, 0.15) is 15.9 Å². The van der Waals surface area contributed by atoms with E-state index in [4.69, 9.17) is 11.6 Å². The molecular weight excluding hydrogens is 362 g/mol. The highest BCUT2D eigenvalue weighted by Gasteiger charge is 2.26. The van der Waals surface area contributed by atoms with E-state index in [1.807, 2.05) is 0 Å². The summed E-state index contributed by atoms with van der Waals surface area (Å²) in [4.78, 5) is 28.0. The first-order valence-corrected chi connectivity index (χ1v) is 8.59. The standard InChI is InChI=1S/C19H17ClF2N2O2/c20-15-11-13(5-6-17(15)22)12-18(25)23-7-9-24(10-8-23)19(26)14-3-1-2-4-16(14)21/h1-6,11H,7-10,12H2. The van der Waals surface area contributed by atoms with Crippen molar-refractivity contribution >= 4 is 23.4 Å². The zero-order chi connectivity index (χ0) is 18.7. The van der Waals surface area contributed by atoms with Gasteiger partial charge in [0.2, 0.25) is 5.91 Å². The van der Waals surface area contributed by atoms with Gasteiger partial charge in [-0.25, -0.2) is 8.78 Å². The van der Waals surface area contributed by atoms with Crippen LogP contribution in [0, 0.1) is 11.6 Å². The number of carbonyl (C=O) groups is 2. The Morgan fingerprint density at radius 2 is 1.58 bits per heavy atom. The molecule has 136 valence electrons. The van der Waals surface area contributed by atoms with Crippen LogP contribution < -0.4 is 0 Å². The van der Waals surface area contributed by atoms with Gasteiger partial charge in [-0.05, 0) is 29.8 Å². The molecule has 1 aliphatic rings. The predicted molar refractivity (Wildman–Crippen MR) is 94.0 cm³/mol. The summed E-state index contributed by atoms with van der Waals surface area (Å²) in [5.74, 6) is -1.57. The number of hydrogen-bond acceptors (Lipinski definition) is 2. The third-order valence-corrected chi connectivity index (χ3v) is 4.65. The van der Waals surface area contributed by atoms with Crippen molar-refractivity contribution in [2.75, 3.05) is 26.2 Å². The van der Waals surface area contributed by atoms with Crippen molar-refractivity contribution in [3.63, 3.8) is 0 Å². The molecule has 1 saturated heterocycles. The molecule has 0 N–H and O–H groups in total. The Balaban J connectivity index is 1.57. The fraction of sp³-hybridized carbons (Fsp3) is 0.263. The smallest absolute Gasteiger partial charge is 0.256 e. The number of halogens is 3. The van der Waals surface area contributed by atoms with Crippen molar-refractivity contribution < 1.29 is 18.4 Å². The zero-order valence-corrected chi connectivity index (χ0v) is 14.7. The van der Waals surface area contributed by atoms with E-state index in [1.165, 1.54) is 41.3 Å². The minimum absolute atomic E-state index is 0.0180. The molecule has 3 rings (SSSR count). The van der Waals surface area contributed by atoms with Gasteiger partial charge in [0.15, 0.2) is 0 Å². The van der Waals surface area contributed by atoms with Crippen LogP contribution in [-0.4, -0.2) is 47.8 Å². The average Bonchev–Trinajstić information content (AvgIpc) is 2.65. The number of benzene rings is 2. The van der Waals surface area contributed by atoms with Gasteiger partial charge < -0.3 is 9.80 Å². The largest absolute Gasteiger partial charge is 0.339 e. The minimum Gasteiger partial charge on any atom is -0.339 e. The molecule has 1 aliphatic heterocycles. The molecule has 1 heterocycles. The van der Waals surface area contributed by atoms with E-state index in [-0.39, 0.29) is 28.8 Å². The molecule has 4 nitrogen and oxygen atoms in total. The van der Waals surface area contributed by atoms with Crippen molar-refractivity contribution in [1.29, 1.82) is 0 Å². The van der Waals surface area contributed by atoms with E-state index in [1.54, 1.807) is 11.0 Å². The van der Waals surface area contributed by atoms with E-state index in [9.17, 15) is 18.4 Å². The van der Waals surface area contributed by atoms with Crippen LogP contribution in [0.2, 0.25) is 5.02 Å². The van der Waals surface area contributed by atoms with Crippen molar-refractivity contribution in [2.24, 2.45) is 0 Å². The van der Waals surface area contributed by atoms with E-state index in [0.29, 0.717) is 31.7 Å². The number of carbonyl (C=O) groups excluding carboxylic acids is 2. The van der Waals surface area contributed by atoms with Crippen LogP contribution in [0.5, 0.6) is 0 Å². The quantitative estimate of drug-likeness (QED) is 0.823. The highest BCUT2D eigenvalue weighted by atomic mass is 35.5. The summed E-state index contributed by atoms with van der Waals surface area (Å²) in [5.41, 5.74) is 0.666. The molecule has 0 unspecified atom stereocenters. The first-order chi connectivity index (χ1) is 12.5. The van der Waals surface area contributed by atoms with Crippen LogP contribution in [0.15, 0.2) is 42.5 Å². The number of piperazine rings is 1. The molecule has 2 aromatic rings. The van der Waals surface area contributed by atoms with Crippen molar-refractivity contribution in [3.05, 3.63) is 70.2 Å². The fourth-order valence-corrected chi connectivity index (χ4v) is 3.10. The number of amides is 2. The highest BCUT2D eigenvalue weighted by molar-refractivity contribution is 6.30. The van der Waals surface area contributed by atoms with E-state index in [0.717, 1.165) is 0 Å². The maximum atomic E-state index is 13.8. The van der Waals surface area contributed by atoms with Crippen molar-refractivity contribution in [1.82, 2.24) is 9.80 Å². The Bertz CT molecular complexity index is 836. The summed E-state index contributed by atoms with van der Waals surface area (Å²) in [6, 6.07) is 10.0. The lowest BCUT2D eigenvalue weighted by molar-refractivity contribution is -0.131. The topological polar surface area (TPSA) is 40.6 Å². The molecule has 0 saturated carbocycles. The van der Waals surface area contributed by atoms with E-state index < -0.39 is 11.6 Å². The molecular formula is C19H17ClF2N2O2. The molecule has 0 aliphatic carbocycles. The van der Waals surface area contributed by atoms with E-state index in [2.05, 4.69) is 0 Å².